The van der Waals surface area contributed by atoms with Crippen molar-refractivity contribution in [1.82, 2.24) is 10.2 Å². The van der Waals surface area contributed by atoms with Gasteiger partial charge in [-0.2, -0.15) is 0 Å². The van der Waals surface area contributed by atoms with Crippen LogP contribution in [0, 0.1) is 5.92 Å². The smallest absolute Gasteiger partial charge is 0.225 e. The van der Waals surface area contributed by atoms with Crippen molar-refractivity contribution in [2.24, 2.45) is 5.92 Å². The van der Waals surface area contributed by atoms with Crippen molar-refractivity contribution >= 4 is 11.5 Å². The highest BCUT2D eigenvalue weighted by Gasteiger charge is 2.33. The van der Waals surface area contributed by atoms with Crippen molar-refractivity contribution in [3.05, 3.63) is 64.2 Å². The number of rotatable bonds is 11. The number of likely N-dealkylation sites (tertiary alicyclic amines) is 1. The fourth-order valence-electron chi connectivity index (χ4n) is 5.13. The molecule has 188 valence electrons. The zero-order valence-electron chi connectivity index (χ0n) is 21.8. The van der Waals surface area contributed by atoms with Gasteiger partial charge in [0, 0.05) is 31.7 Å². The average Bonchev–Trinajstić information content (AvgIpc) is 2.84. The summed E-state index contributed by atoms with van der Waals surface area (Å²) >= 11 is 0. The number of nitrogens with zero attached hydrogens (tertiary/aromatic N) is 1. The van der Waals surface area contributed by atoms with Crippen LogP contribution in [0.3, 0.4) is 0 Å². The maximum Gasteiger partial charge on any atom is 0.225 e. The Balaban J connectivity index is 1.35. The van der Waals surface area contributed by atoms with Gasteiger partial charge in [0.05, 0.1) is 13.0 Å². The topological polar surface area (TPSA) is 50.8 Å². The van der Waals surface area contributed by atoms with Gasteiger partial charge < -0.3 is 14.8 Å². The molecule has 0 atom stereocenters. The Bertz CT molecular complexity index is 1070. The molecule has 1 aliphatic heterocycles. The Hall–Kier alpha value is -2.79. The molecule has 1 amide bonds. The number of methoxy groups -OCH3 is 1. The molecule has 0 aromatic heterocycles. The van der Waals surface area contributed by atoms with Crippen molar-refractivity contribution in [3.63, 3.8) is 0 Å². The van der Waals surface area contributed by atoms with Crippen molar-refractivity contribution in [2.45, 2.75) is 59.5 Å². The number of benzene rings is 2. The Kier molecular flexibility index (Phi) is 8.50. The van der Waals surface area contributed by atoms with E-state index in [1.165, 1.54) is 27.8 Å². The Morgan fingerprint density at radius 2 is 1.91 bits per heavy atom. The van der Waals surface area contributed by atoms with Crippen LogP contribution in [0.4, 0.5) is 0 Å². The summed E-state index contributed by atoms with van der Waals surface area (Å²) in [5, 5.41) is 3.02. The van der Waals surface area contributed by atoms with Crippen molar-refractivity contribution in [2.75, 3.05) is 33.3 Å². The molecule has 1 N–H and O–H groups in total. The molecular formula is C30H40N2O3. The number of carbonyl (C=O) groups excluding carboxylic acids is 1. The van der Waals surface area contributed by atoms with Gasteiger partial charge in [0.2, 0.25) is 5.91 Å². The third-order valence-corrected chi connectivity index (χ3v) is 7.28. The number of nitrogens with one attached hydrogen (secondary N) is 1. The van der Waals surface area contributed by atoms with Crippen LogP contribution in [0.25, 0.3) is 5.57 Å². The van der Waals surface area contributed by atoms with Gasteiger partial charge in [-0.15, -0.1) is 0 Å². The van der Waals surface area contributed by atoms with E-state index in [2.05, 4.69) is 67.4 Å². The highest BCUT2D eigenvalue weighted by molar-refractivity contribution is 5.80. The lowest BCUT2D eigenvalue weighted by atomic mass is 9.85. The molecule has 0 radical (unpaired) electrons. The number of hydrogen-bond acceptors (Lipinski definition) is 4. The first-order chi connectivity index (χ1) is 17.0. The van der Waals surface area contributed by atoms with E-state index < -0.39 is 0 Å². The van der Waals surface area contributed by atoms with Crippen LogP contribution in [0.5, 0.6) is 11.5 Å². The predicted octanol–water partition coefficient (Wildman–Crippen LogP) is 5.40. The number of ether oxygens (including phenoxy) is 2. The molecular weight excluding hydrogens is 436 g/mol. The molecule has 2 aromatic rings. The van der Waals surface area contributed by atoms with E-state index in [9.17, 15) is 4.79 Å². The van der Waals surface area contributed by atoms with Gasteiger partial charge in [0.25, 0.3) is 0 Å². The van der Waals surface area contributed by atoms with E-state index >= 15 is 0 Å². The predicted molar refractivity (Wildman–Crippen MR) is 142 cm³/mol. The summed E-state index contributed by atoms with van der Waals surface area (Å²) in [5.74, 6) is 2.17. The summed E-state index contributed by atoms with van der Waals surface area (Å²) in [5.41, 5.74) is 7.93. The van der Waals surface area contributed by atoms with Crippen LogP contribution in [-0.4, -0.2) is 44.1 Å². The minimum absolute atomic E-state index is 0.152. The maximum atomic E-state index is 12.1. The first-order valence-corrected chi connectivity index (χ1v) is 13.1. The molecule has 35 heavy (non-hydrogen) atoms. The first-order valence-electron chi connectivity index (χ1n) is 13.1. The summed E-state index contributed by atoms with van der Waals surface area (Å²) in [4.78, 5) is 14.5. The summed E-state index contributed by atoms with van der Waals surface area (Å²) in [7, 11) is 1.72. The van der Waals surface area contributed by atoms with E-state index in [0.717, 1.165) is 75.3 Å². The fourth-order valence-corrected chi connectivity index (χ4v) is 5.13. The van der Waals surface area contributed by atoms with Crippen molar-refractivity contribution in [3.8, 4) is 11.5 Å². The molecule has 0 saturated carbocycles. The molecule has 1 fully saturated rings. The molecule has 0 unspecified atom stereocenters. The van der Waals surface area contributed by atoms with E-state index in [-0.39, 0.29) is 11.8 Å². The lowest BCUT2D eigenvalue weighted by Gasteiger charge is -2.39. The van der Waals surface area contributed by atoms with Crippen molar-refractivity contribution in [1.29, 1.82) is 0 Å². The summed E-state index contributed by atoms with van der Waals surface area (Å²) in [6.45, 7) is 10.5. The van der Waals surface area contributed by atoms with Gasteiger partial charge in [-0.25, -0.2) is 0 Å². The second kappa shape index (κ2) is 11.8. The van der Waals surface area contributed by atoms with E-state index in [1.54, 1.807) is 7.11 Å². The highest BCUT2D eigenvalue weighted by atomic mass is 16.5. The molecule has 5 heteroatoms. The molecule has 1 aliphatic carbocycles. The summed E-state index contributed by atoms with van der Waals surface area (Å²) in [6, 6.07) is 12.9. The van der Waals surface area contributed by atoms with E-state index in [4.69, 9.17) is 9.47 Å². The molecule has 2 aliphatic rings. The standard InChI is InChI=1S/C30H40N2O3/c1-5-7-22-8-9-25(29(15-22)34-4)20-35-27-12-13-28-21(3)24(11-10-23(28)16-27)17-32-18-26(19-32)30(33)31-14-6-2/h8-9,12-13,15-16,26H,5-7,10-11,14,17-20H2,1-4H3,(H,31,33). The third-order valence-electron chi connectivity index (χ3n) is 7.28. The normalized spacial score (nSPS) is 16.0. The Labute approximate surface area is 210 Å². The van der Waals surface area contributed by atoms with Crippen LogP contribution in [0.2, 0.25) is 0 Å². The maximum absolute atomic E-state index is 12.1. The second-order valence-electron chi connectivity index (χ2n) is 9.91. The number of allylic oxidation sites excluding steroid dienone is 1. The summed E-state index contributed by atoms with van der Waals surface area (Å²) in [6.07, 6.45) is 5.27. The number of hydrogen-bond donors (Lipinski definition) is 1. The highest BCUT2D eigenvalue weighted by Crippen LogP contribution is 2.35. The zero-order chi connectivity index (χ0) is 24.8. The Morgan fingerprint density at radius 3 is 2.66 bits per heavy atom. The minimum Gasteiger partial charge on any atom is -0.496 e. The first kappa shape index (κ1) is 25.3. The quantitative estimate of drug-likeness (QED) is 0.472. The zero-order valence-corrected chi connectivity index (χ0v) is 21.8. The fraction of sp³-hybridized carbons (Fsp3) is 0.500. The van der Waals surface area contributed by atoms with Crippen molar-refractivity contribution < 1.29 is 14.3 Å². The third kappa shape index (κ3) is 6.07. The van der Waals surface area contributed by atoms with Crippen LogP contribution >= 0.6 is 0 Å². The molecule has 0 spiro atoms. The van der Waals surface area contributed by atoms with Gasteiger partial charge in [0.1, 0.15) is 18.1 Å². The lowest BCUT2D eigenvalue weighted by Crippen LogP contribution is -2.54. The largest absolute Gasteiger partial charge is 0.496 e. The molecule has 0 bridgehead atoms. The van der Waals surface area contributed by atoms with E-state index in [1.807, 2.05) is 0 Å². The molecule has 2 aromatic carbocycles. The van der Waals surface area contributed by atoms with E-state index in [0.29, 0.717) is 6.61 Å². The lowest BCUT2D eigenvalue weighted by molar-refractivity contribution is -0.129. The molecule has 5 nitrogen and oxygen atoms in total. The Morgan fingerprint density at radius 1 is 1.09 bits per heavy atom. The van der Waals surface area contributed by atoms with Gasteiger partial charge in [-0.1, -0.05) is 44.0 Å². The molecule has 1 saturated heterocycles. The monoisotopic (exact) mass is 476 g/mol. The van der Waals surface area contributed by atoms with Gasteiger partial charge in [-0.05, 0) is 73.1 Å². The van der Waals surface area contributed by atoms with Crippen LogP contribution in [-0.2, 0) is 24.2 Å². The second-order valence-corrected chi connectivity index (χ2v) is 9.91. The van der Waals surface area contributed by atoms with Crippen LogP contribution < -0.4 is 14.8 Å². The van der Waals surface area contributed by atoms with Crippen LogP contribution in [0.1, 0.15) is 62.3 Å². The van der Waals surface area contributed by atoms with Crippen LogP contribution in [0.15, 0.2) is 42.0 Å². The van der Waals surface area contributed by atoms with Gasteiger partial charge in [-0.3, -0.25) is 9.69 Å². The molecule has 4 rings (SSSR count). The number of carbonyl (C=O) groups is 1. The summed E-state index contributed by atoms with van der Waals surface area (Å²) < 4.78 is 11.8. The minimum atomic E-state index is 0.152. The average molecular weight is 477 g/mol. The van der Waals surface area contributed by atoms with Gasteiger partial charge in [0.15, 0.2) is 0 Å². The molecule has 1 heterocycles. The van der Waals surface area contributed by atoms with Gasteiger partial charge >= 0.3 is 0 Å². The number of amides is 1. The number of fused-ring (bicyclic) bond motifs is 1. The SMILES string of the molecule is CCCNC(=O)C1CN(CC2=C(C)c3ccc(OCc4ccc(CCC)cc4OC)cc3CC2)C1. The number of aryl methyl sites for hydroxylation is 2.